The molecular formula is C11H12N2O2. The van der Waals surface area contributed by atoms with Gasteiger partial charge in [-0.1, -0.05) is 18.2 Å². The molecular weight excluding hydrogens is 192 g/mol. The molecule has 2 rings (SSSR count). The van der Waals surface area contributed by atoms with Gasteiger partial charge in [-0.3, -0.25) is 4.79 Å². The Labute approximate surface area is 87.3 Å². The summed E-state index contributed by atoms with van der Waals surface area (Å²) in [6.07, 6.45) is 6.74. The Morgan fingerprint density at radius 1 is 1.53 bits per heavy atom. The number of nitrogens with zero attached hydrogens (tertiary/aromatic N) is 1. The average Bonchev–Trinajstić information content (AvgIpc) is 2.69. The normalized spacial score (nSPS) is 14.1. The molecule has 1 heterocycles. The van der Waals surface area contributed by atoms with Gasteiger partial charge in [0.2, 0.25) is 5.75 Å². The van der Waals surface area contributed by atoms with Gasteiger partial charge in [0.15, 0.2) is 0 Å². The van der Waals surface area contributed by atoms with Gasteiger partial charge in [0.05, 0.1) is 12.8 Å². The number of hydrogen-bond acceptors (Lipinski definition) is 3. The van der Waals surface area contributed by atoms with E-state index in [9.17, 15) is 4.79 Å². The van der Waals surface area contributed by atoms with E-state index in [0.717, 1.165) is 12.0 Å². The van der Waals surface area contributed by atoms with Crippen molar-refractivity contribution in [2.45, 2.75) is 13.3 Å². The van der Waals surface area contributed by atoms with Gasteiger partial charge in [-0.2, -0.15) is 0 Å². The smallest absolute Gasteiger partial charge is 0.293 e. The Morgan fingerprint density at radius 3 is 2.87 bits per heavy atom. The Hall–Kier alpha value is -1.84. The maximum absolute atomic E-state index is 11.6. The third kappa shape index (κ3) is 1.70. The molecule has 0 bridgehead atoms. The van der Waals surface area contributed by atoms with Crippen molar-refractivity contribution in [3.8, 4) is 5.75 Å². The van der Waals surface area contributed by atoms with Gasteiger partial charge in [-0.05, 0) is 18.9 Å². The molecule has 0 saturated carbocycles. The lowest BCUT2D eigenvalue weighted by atomic mass is 10.2. The number of aryl methyl sites for hydroxylation is 1. The first-order valence-electron chi connectivity index (χ1n) is 4.73. The summed E-state index contributed by atoms with van der Waals surface area (Å²) in [7, 11) is 1.47. The van der Waals surface area contributed by atoms with Gasteiger partial charge < -0.3 is 9.72 Å². The second-order valence-corrected chi connectivity index (χ2v) is 3.36. The highest BCUT2D eigenvalue weighted by Gasteiger charge is 2.11. The van der Waals surface area contributed by atoms with Crippen LogP contribution in [-0.2, 0) is 0 Å². The highest BCUT2D eigenvalue weighted by Crippen LogP contribution is 2.20. The average molecular weight is 204 g/mol. The minimum Gasteiger partial charge on any atom is -0.490 e. The van der Waals surface area contributed by atoms with E-state index in [-0.39, 0.29) is 11.3 Å². The van der Waals surface area contributed by atoms with Crippen LogP contribution in [0.5, 0.6) is 5.75 Å². The minimum atomic E-state index is -0.229. The molecule has 0 aromatic carbocycles. The molecule has 0 aliphatic heterocycles. The van der Waals surface area contributed by atoms with Crippen molar-refractivity contribution in [2.75, 3.05) is 7.11 Å². The third-order valence-corrected chi connectivity index (χ3v) is 2.33. The number of nitrogens with one attached hydrogen (secondary N) is 1. The fraction of sp³-hybridized carbons (Fsp3) is 0.273. The number of aromatic amines is 1. The van der Waals surface area contributed by atoms with E-state index in [1.54, 1.807) is 6.92 Å². The number of H-pyrrole nitrogens is 1. The summed E-state index contributed by atoms with van der Waals surface area (Å²) < 4.78 is 4.95. The molecule has 0 atom stereocenters. The minimum absolute atomic E-state index is 0.229. The van der Waals surface area contributed by atoms with E-state index >= 15 is 0 Å². The third-order valence-electron chi connectivity index (χ3n) is 2.33. The van der Waals surface area contributed by atoms with Crippen molar-refractivity contribution < 1.29 is 4.74 Å². The van der Waals surface area contributed by atoms with Gasteiger partial charge in [0, 0.05) is 0 Å². The fourth-order valence-electron chi connectivity index (χ4n) is 1.59. The second kappa shape index (κ2) is 3.73. The van der Waals surface area contributed by atoms with Gasteiger partial charge in [0.25, 0.3) is 5.56 Å². The first-order chi connectivity index (χ1) is 7.22. The molecule has 1 aliphatic carbocycles. The highest BCUT2D eigenvalue weighted by molar-refractivity contribution is 5.66. The van der Waals surface area contributed by atoms with Crippen LogP contribution in [0.3, 0.4) is 0 Å². The van der Waals surface area contributed by atoms with Crippen LogP contribution >= 0.6 is 0 Å². The fourth-order valence-corrected chi connectivity index (χ4v) is 1.59. The molecule has 1 aromatic heterocycles. The van der Waals surface area contributed by atoms with Crippen molar-refractivity contribution in [1.82, 2.24) is 9.97 Å². The lowest BCUT2D eigenvalue weighted by molar-refractivity contribution is 0.402. The van der Waals surface area contributed by atoms with Crippen LogP contribution in [0.4, 0.5) is 0 Å². The quantitative estimate of drug-likeness (QED) is 0.792. The van der Waals surface area contributed by atoms with E-state index in [1.165, 1.54) is 7.11 Å². The monoisotopic (exact) mass is 204 g/mol. The van der Waals surface area contributed by atoms with Crippen LogP contribution < -0.4 is 10.3 Å². The summed E-state index contributed by atoms with van der Waals surface area (Å²) >= 11 is 0. The molecule has 0 saturated heterocycles. The van der Waals surface area contributed by atoms with Crippen molar-refractivity contribution in [3.05, 3.63) is 40.1 Å². The molecule has 0 unspecified atom stereocenters. The van der Waals surface area contributed by atoms with Crippen LogP contribution in [0.15, 0.2) is 23.0 Å². The van der Waals surface area contributed by atoms with Crippen LogP contribution in [0.1, 0.15) is 17.9 Å². The summed E-state index contributed by atoms with van der Waals surface area (Å²) in [6, 6.07) is 0. The van der Waals surface area contributed by atoms with E-state index < -0.39 is 0 Å². The molecule has 78 valence electrons. The Bertz CT molecular complexity index is 498. The number of aromatic nitrogens is 2. The topological polar surface area (TPSA) is 55.0 Å². The maximum Gasteiger partial charge on any atom is 0.293 e. The lowest BCUT2D eigenvalue weighted by Crippen LogP contribution is -2.15. The Kier molecular flexibility index (Phi) is 2.41. The number of methoxy groups -OCH3 is 1. The lowest BCUT2D eigenvalue weighted by Gasteiger charge is -2.06. The number of hydrogen-bond donors (Lipinski definition) is 1. The summed E-state index contributed by atoms with van der Waals surface area (Å²) in [5, 5.41) is 0. The zero-order valence-electron chi connectivity index (χ0n) is 8.70. The van der Waals surface area contributed by atoms with E-state index in [0.29, 0.717) is 11.5 Å². The summed E-state index contributed by atoms with van der Waals surface area (Å²) in [6.45, 7) is 1.76. The summed E-state index contributed by atoms with van der Waals surface area (Å²) in [5.41, 5.74) is 1.41. The molecule has 1 aromatic rings. The van der Waals surface area contributed by atoms with Crippen LogP contribution in [-0.4, -0.2) is 17.1 Å². The van der Waals surface area contributed by atoms with Crippen molar-refractivity contribution >= 4 is 5.57 Å². The first kappa shape index (κ1) is 9.71. The van der Waals surface area contributed by atoms with Crippen molar-refractivity contribution in [1.29, 1.82) is 0 Å². The molecule has 15 heavy (non-hydrogen) atoms. The predicted octanol–water partition coefficient (Wildman–Crippen LogP) is 1.43. The summed E-state index contributed by atoms with van der Waals surface area (Å²) in [4.78, 5) is 18.6. The van der Waals surface area contributed by atoms with Crippen LogP contribution in [0.2, 0.25) is 0 Å². The van der Waals surface area contributed by atoms with Gasteiger partial charge in [-0.15, -0.1) is 0 Å². The van der Waals surface area contributed by atoms with Crippen molar-refractivity contribution in [2.24, 2.45) is 0 Å². The van der Waals surface area contributed by atoms with E-state index in [2.05, 4.69) is 9.97 Å². The molecule has 0 amide bonds. The SMILES string of the molecule is COc1c(C)nc(C2=CC=CC2)[nH]c1=O. The number of ether oxygens (including phenoxy) is 1. The van der Waals surface area contributed by atoms with Gasteiger partial charge >= 0.3 is 0 Å². The van der Waals surface area contributed by atoms with E-state index in [1.807, 2.05) is 18.2 Å². The summed E-state index contributed by atoms with van der Waals surface area (Å²) in [5.74, 6) is 0.911. The second-order valence-electron chi connectivity index (χ2n) is 3.36. The molecule has 1 N–H and O–H groups in total. The Balaban J connectivity index is 2.48. The van der Waals surface area contributed by atoms with Crippen LogP contribution in [0, 0.1) is 6.92 Å². The van der Waals surface area contributed by atoms with E-state index in [4.69, 9.17) is 4.74 Å². The highest BCUT2D eigenvalue weighted by atomic mass is 16.5. The Morgan fingerprint density at radius 2 is 2.33 bits per heavy atom. The van der Waals surface area contributed by atoms with Crippen LogP contribution in [0.25, 0.3) is 5.57 Å². The van der Waals surface area contributed by atoms with Crippen molar-refractivity contribution in [3.63, 3.8) is 0 Å². The number of allylic oxidation sites excluding steroid dienone is 4. The molecule has 1 aliphatic rings. The molecule has 0 radical (unpaired) electrons. The molecule has 0 spiro atoms. The predicted molar refractivity (Wildman–Crippen MR) is 57.9 cm³/mol. The zero-order valence-corrected chi connectivity index (χ0v) is 8.70. The largest absolute Gasteiger partial charge is 0.490 e. The standard InChI is InChI=1S/C11H12N2O2/c1-7-9(15-2)11(14)13-10(12-7)8-5-3-4-6-8/h3-5H,6H2,1-2H3,(H,12,13,14). The number of rotatable bonds is 2. The molecule has 4 nitrogen and oxygen atoms in total. The maximum atomic E-state index is 11.6. The molecule has 4 heteroatoms. The first-order valence-corrected chi connectivity index (χ1v) is 4.73. The zero-order chi connectivity index (χ0) is 10.8. The van der Waals surface area contributed by atoms with Gasteiger partial charge in [-0.25, -0.2) is 4.98 Å². The molecule has 0 fully saturated rings. The van der Waals surface area contributed by atoms with Gasteiger partial charge in [0.1, 0.15) is 5.82 Å².